The van der Waals surface area contributed by atoms with Crippen LogP contribution in [0.2, 0.25) is 5.02 Å². The molecule has 0 fully saturated rings. The second-order valence-electron chi connectivity index (χ2n) is 5.82. The first kappa shape index (κ1) is 18.3. The van der Waals surface area contributed by atoms with E-state index in [1.54, 1.807) is 12.1 Å². The molecule has 1 N–H and O–H groups in total. The lowest BCUT2D eigenvalue weighted by molar-refractivity contribution is -0.120. The maximum absolute atomic E-state index is 12.3. The summed E-state index contributed by atoms with van der Waals surface area (Å²) in [4.78, 5) is 14.3. The van der Waals surface area contributed by atoms with Crippen molar-refractivity contribution in [1.29, 1.82) is 0 Å². The number of amides is 1. The predicted molar refractivity (Wildman–Crippen MR) is 98.8 cm³/mol. The van der Waals surface area contributed by atoms with Crippen LogP contribution in [0.4, 0.5) is 5.69 Å². The largest absolute Gasteiger partial charge is 0.492 e. The predicted octanol–water partition coefficient (Wildman–Crippen LogP) is 3.99. The lowest BCUT2D eigenvalue weighted by Gasteiger charge is -2.24. The lowest BCUT2D eigenvalue weighted by Crippen LogP contribution is -2.41. The lowest BCUT2D eigenvalue weighted by atomic mass is 10.2. The number of nitrogens with zero attached hydrogens (tertiary/aromatic N) is 1. The monoisotopic (exact) mass is 346 g/mol. The number of ether oxygens (including phenoxy) is 1. The van der Waals surface area contributed by atoms with Gasteiger partial charge in [-0.2, -0.15) is 0 Å². The SMILES string of the molecule is Cc1cccc(NC(=O)C(C)N(C)CCOc2ccc(Cl)cc2)c1. The van der Waals surface area contributed by atoms with Crippen molar-refractivity contribution < 1.29 is 9.53 Å². The van der Waals surface area contributed by atoms with E-state index in [1.165, 1.54) is 0 Å². The van der Waals surface area contributed by atoms with E-state index in [0.29, 0.717) is 18.2 Å². The van der Waals surface area contributed by atoms with Crippen LogP contribution in [0.3, 0.4) is 0 Å². The molecule has 5 heteroatoms. The third-order valence-electron chi connectivity index (χ3n) is 3.85. The van der Waals surface area contributed by atoms with E-state index in [2.05, 4.69) is 5.32 Å². The minimum Gasteiger partial charge on any atom is -0.492 e. The maximum Gasteiger partial charge on any atom is 0.241 e. The standard InChI is InChI=1S/C19H23ClN2O2/c1-14-5-4-6-17(13-14)21-19(23)15(2)22(3)11-12-24-18-9-7-16(20)8-10-18/h4-10,13,15H,11-12H2,1-3H3,(H,21,23). The van der Waals surface area contributed by atoms with Gasteiger partial charge >= 0.3 is 0 Å². The Morgan fingerprint density at radius 3 is 2.62 bits per heavy atom. The van der Waals surface area contributed by atoms with Gasteiger partial charge in [-0.25, -0.2) is 0 Å². The molecule has 2 rings (SSSR count). The van der Waals surface area contributed by atoms with E-state index in [-0.39, 0.29) is 11.9 Å². The minimum absolute atomic E-state index is 0.0328. The number of likely N-dealkylation sites (N-methyl/N-ethyl adjacent to an activating group) is 1. The van der Waals surface area contributed by atoms with Crippen molar-refractivity contribution in [2.24, 2.45) is 0 Å². The molecule has 0 heterocycles. The van der Waals surface area contributed by atoms with Crippen LogP contribution in [-0.4, -0.2) is 37.0 Å². The van der Waals surface area contributed by atoms with E-state index in [0.717, 1.165) is 17.0 Å². The molecule has 0 aromatic heterocycles. The Morgan fingerprint density at radius 1 is 1.25 bits per heavy atom. The number of benzene rings is 2. The fraction of sp³-hybridized carbons (Fsp3) is 0.316. The first-order chi connectivity index (χ1) is 11.5. The van der Waals surface area contributed by atoms with Crippen molar-refractivity contribution >= 4 is 23.2 Å². The normalized spacial score (nSPS) is 12.0. The van der Waals surface area contributed by atoms with E-state index in [4.69, 9.17) is 16.3 Å². The molecule has 128 valence electrons. The highest BCUT2D eigenvalue weighted by molar-refractivity contribution is 6.30. The Labute approximate surface area is 148 Å². The second-order valence-corrected chi connectivity index (χ2v) is 6.25. The van der Waals surface area contributed by atoms with Gasteiger partial charge in [-0.3, -0.25) is 9.69 Å². The van der Waals surface area contributed by atoms with E-state index < -0.39 is 0 Å². The molecule has 0 aliphatic heterocycles. The Morgan fingerprint density at radius 2 is 1.96 bits per heavy atom. The smallest absolute Gasteiger partial charge is 0.241 e. The molecule has 0 aliphatic rings. The molecule has 0 bridgehead atoms. The third-order valence-corrected chi connectivity index (χ3v) is 4.10. The van der Waals surface area contributed by atoms with Gasteiger partial charge in [-0.05, 0) is 62.9 Å². The molecule has 1 amide bonds. The van der Waals surface area contributed by atoms with Gasteiger partial charge in [0.1, 0.15) is 12.4 Å². The Balaban J connectivity index is 1.79. The number of nitrogens with one attached hydrogen (secondary N) is 1. The molecule has 24 heavy (non-hydrogen) atoms. The van der Waals surface area contributed by atoms with Crippen LogP contribution in [0.5, 0.6) is 5.75 Å². The van der Waals surface area contributed by atoms with Gasteiger partial charge in [0.2, 0.25) is 5.91 Å². The van der Waals surface area contributed by atoms with Crippen molar-refractivity contribution in [1.82, 2.24) is 4.90 Å². The zero-order valence-corrected chi connectivity index (χ0v) is 15.0. The molecule has 2 aromatic rings. The summed E-state index contributed by atoms with van der Waals surface area (Å²) in [6, 6.07) is 14.8. The molecule has 4 nitrogen and oxygen atoms in total. The Kier molecular flexibility index (Phi) is 6.64. The van der Waals surface area contributed by atoms with E-state index >= 15 is 0 Å². The highest BCUT2D eigenvalue weighted by atomic mass is 35.5. The van der Waals surface area contributed by atoms with Crippen molar-refractivity contribution in [2.75, 3.05) is 25.5 Å². The van der Waals surface area contributed by atoms with Gasteiger partial charge in [-0.15, -0.1) is 0 Å². The van der Waals surface area contributed by atoms with Crippen molar-refractivity contribution in [3.05, 3.63) is 59.1 Å². The first-order valence-corrected chi connectivity index (χ1v) is 8.29. The summed E-state index contributed by atoms with van der Waals surface area (Å²) in [6.45, 7) is 5.03. The Hall–Kier alpha value is -2.04. The quantitative estimate of drug-likeness (QED) is 0.824. The highest BCUT2D eigenvalue weighted by Gasteiger charge is 2.18. The fourth-order valence-corrected chi connectivity index (χ4v) is 2.33. The number of carbonyl (C=O) groups excluding carboxylic acids is 1. The number of halogens is 1. The molecule has 1 atom stereocenters. The number of hydrogen-bond donors (Lipinski definition) is 1. The average Bonchev–Trinajstić information content (AvgIpc) is 2.56. The molecule has 1 unspecified atom stereocenters. The maximum atomic E-state index is 12.3. The second kappa shape index (κ2) is 8.71. The van der Waals surface area contributed by atoms with E-state index in [9.17, 15) is 4.79 Å². The number of anilines is 1. The van der Waals surface area contributed by atoms with Crippen LogP contribution >= 0.6 is 11.6 Å². The van der Waals surface area contributed by atoms with Crippen LogP contribution in [-0.2, 0) is 4.79 Å². The number of rotatable bonds is 7. The van der Waals surface area contributed by atoms with Gasteiger partial charge in [-0.1, -0.05) is 23.7 Å². The van der Waals surface area contributed by atoms with Crippen LogP contribution in [0.1, 0.15) is 12.5 Å². The molecular weight excluding hydrogens is 324 g/mol. The van der Waals surface area contributed by atoms with Crippen molar-refractivity contribution in [3.63, 3.8) is 0 Å². The van der Waals surface area contributed by atoms with Crippen molar-refractivity contribution in [2.45, 2.75) is 19.9 Å². The average molecular weight is 347 g/mol. The van der Waals surface area contributed by atoms with Gasteiger partial charge in [0, 0.05) is 17.3 Å². The van der Waals surface area contributed by atoms with E-state index in [1.807, 2.05) is 62.2 Å². The molecule has 2 aromatic carbocycles. The van der Waals surface area contributed by atoms with Gasteiger partial charge < -0.3 is 10.1 Å². The zero-order chi connectivity index (χ0) is 17.5. The summed E-state index contributed by atoms with van der Waals surface area (Å²) < 4.78 is 5.66. The fourth-order valence-electron chi connectivity index (χ4n) is 2.20. The van der Waals surface area contributed by atoms with Gasteiger partial charge in [0.25, 0.3) is 0 Å². The summed E-state index contributed by atoms with van der Waals surface area (Å²) in [6.07, 6.45) is 0. The summed E-state index contributed by atoms with van der Waals surface area (Å²) in [5.41, 5.74) is 1.93. The summed E-state index contributed by atoms with van der Waals surface area (Å²) in [7, 11) is 1.91. The molecular formula is C19H23ClN2O2. The topological polar surface area (TPSA) is 41.6 Å². The van der Waals surface area contributed by atoms with Gasteiger partial charge in [0.05, 0.1) is 6.04 Å². The first-order valence-electron chi connectivity index (χ1n) is 7.92. The van der Waals surface area contributed by atoms with Crippen LogP contribution in [0.15, 0.2) is 48.5 Å². The number of carbonyl (C=O) groups is 1. The summed E-state index contributed by atoms with van der Waals surface area (Å²) in [5, 5.41) is 3.62. The van der Waals surface area contributed by atoms with Crippen LogP contribution in [0, 0.1) is 6.92 Å². The van der Waals surface area contributed by atoms with Crippen LogP contribution in [0.25, 0.3) is 0 Å². The molecule has 0 aliphatic carbocycles. The number of aryl methyl sites for hydroxylation is 1. The van der Waals surface area contributed by atoms with Crippen molar-refractivity contribution in [3.8, 4) is 5.75 Å². The summed E-state index contributed by atoms with van der Waals surface area (Å²) in [5.74, 6) is 0.735. The number of hydrogen-bond acceptors (Lipinski definition) is 3. The molecule has 0 spiro atoms. The molecule has 0 radical (unpaired) electrons. The highest BCUT2D eigenvalue weighted by Crippen LogP contribution is 2.15. The molecule has 0 saturated carbocycles. The zero-order valence-electron chi connectivity index (χ0n) is 14.3. The minimum atomic E-state index is -0.251. The Bertz CT molecular complexity index is 673. The van der Waals surface area contributed by atoms with Gasteiger partial charge in [0.15, 0.2) is 0 Å². The molecule has 0 saturated heterocycles. The van der Waals surface area contributed by atoms with Crippen LogP contribution < -0.4 is 10.1 Å². The summed E-state index contributed by atoms with van der Waals surface area (Å²) >= 11 is 5.84. The third kappa shape index (κ3) is 5.55.